The van der Waals surface area contributed by atoms with Crippen LogP contribution in [0.4, 0.5) is 31.9 Å². The molecule has 1 aromatic heterocycles. The molecule has 5 rings (SSSR count). The van der Waals surface area contributed by atoms with E-state index in [1.165, 1.54) is 31.6 Å². The first kappa shape index (κ1) is 26.6. The molecule has 2 aliphatic heterocycles. The van der Waals surface area contributed by atoms with E-state index < -0.39 is 18.4 Å². The summed E-state index contributed by atoms with van der Waals surface area (Å²) in [6, 6.07) is 6.07. The zero-order chi connectivity index (χ0) is 26.9. The third kappa shape index (κ3) is 5.55. The second-order valence-electron chi connectivity index (χ2n) is 10.9. The van der Waals surface area contributed by atoms with Gasteiger partial charge in [0.2, 0.25) is 5.95 Å². The minimum atomic E-state index is -3.50. The van der Waals surface area contributed by atoms with Crippen molar-refractivity contribution in [1.29, 1.82) is 0 Å². The smallest absolute Gasteiger partial charge is 0.342 e. The predicted molar refractivity (Wildman–Crippen MR) is 145 cm³/mol. The Bertz CT molecular complexity index is 1150. The Labute approximate surface area is 223 Å². The van der Waals surface area contributed by atoms with Gasteiger partial charge in [-0.1, -0.05) is 18.9 Å². The number of benzene rings is 1. The number of alkyl halides is 2. The minimum Gasteiger partial charge on any atom is -0.492 e. The Balaban J connectivity index is 1.45. The number of anilines is 4. The average molecular weight is 529 g/mol. The molecule has 1 saturated carbocycles. The van der Waals surface area contributed by atoms with Gasteiger partial charge in [-0.05, 0) is 82.8 Å². The van der Waals surface area contributed by atoms with Gasteiger partial charge in [-0.2, -0.15) is 13.8 Å². The third-order valence-electron chi connectivity index (χ3n) is 8.09. The van der Waals surface area contributed by atoms with Crippen LogP contribution in [-0.2, 0) is 11.2 Å². The van der Waals surface area contributed by atoms with E-state index in [4.69, 9.17) is 9.72 Å². The average Bonchev–Trinajstić information content (AvgIpc) is 3.42. The Morgan fingerprint density at radius 1 is 1.13 bits per heavy atom. The highest BCUT2D eigenvalue weighted by atomic mass is 19.3. The number of nitrogens with zero attached hydrogens (tertiary/aromatic N) is 5. The second-order valence-corrected chi connectivity index (χ2v) is 10.9. The SMILES string of the molecule is CCOc1ccc(CC2CCN(C)CC2)cc1Nc1ncc2c(n1)N(C1CCCC1)CC(F)(F)C(=O)N2C. The number of halogens is 2. The highest BCUT2D eigenvalue weighted by Gasteiger charge is 2.48. The Hall–Kier alpha value is -3.01. The molecule has 0 radical (unpaired) electrons. The Kier molecular flexibility index (Phi) is 7.70. The molecule has 0 spiro atoms. The lowest BCUT2D eigenvalue weighted by molar-refractivity contribution is -0.140. The molecule has 38 heavy (non-hydrogen) atoms. The van der Waals surface area contributed by atoms with Gasteiger partial charge in [-0.25, -0.2) is 4.98 Å². The molecule has 10 heteroatoms. The molecule has 2 aromatic rings. The maximum absolute atomic E-state index is 14.9. The lowest BCUT2D eigenvalue weighted by Gasteiger charge is -2.31. The largest absolute Gasteiger partial charge is 0.492 e. The maximum atomic E-state index is 14.9. The number of carbonyl (C=O) groups is 1. The fourth-order valence-corrected chi connectivity index (χ4v) is 5.91. The summed E-state index contributed by atoms with van der Waals surface area (Å²) < 4.78 is 35.7. The van der Waals surface area contributed by atoms with E-state index in [9.17, 15) is 13.6 Å². The lowest BCUT2D eigenvalue weighted by atomic mass is 9.90. The van der Waals surface area contributed by atoms with Crippen molar-refractivity contribution in [2.75, 3.05) is 55.5 Å². The van der Waals surface area contributed by atoms with Crippen molar-refractivity contribution in [2.24, 2.45) is 5.92 Å². The minimum absolute atomic E-state index is 0.0847. The van der Waals surface area contributed by atoms with Gasteiger partial charge in [0.1, 0.15) is 11.4 Å². The zero-order valence-corrected chi connectivity index (χ0v) is 22.6. The molecule has 1 amide bonds. The van der Waals surface area contributed by atoms with Crippen molar-refractivity contribution in [3.8, 4) is 5.75 Å². The van der Waals surface area contributed by atoms with Crippen LogP contribution in [0, 0.1) is 5.92 Å². The summed E-state index contributed by atoms with van der Waals surface area (Å²) >= 11 is 0. The van der Waals surface area contributed by atoms with Crippen LogP contribution in [0.15, 0.2) is 24.4 Å². The number of carbonyl (C=O) groups excluding carboxylic acids is 1. The van der Waals surface area contributed by atoms with Gasteiger partial charge >= 0.3 is 5.92 Å². The number of rotatable bonds is 7. The van der Waals surface area contributed by atoms with E-state index in [0.717, 1.165) is 55.8 Å². The summed E-state index contributed by atoms with van der Waals surface area (Å²) in [4.78, 5) is 26.7. The molecule has 0 unspecified atom stereocenters. The topological polar surface area (TPSA) is 73.8 Å². The van der Waals surface area contributed by atoms with Crippen LogP contribution in [0.2, 0.25) is 0 Å². The molecule has 0 atom stereocenters. The monoisotopic (exact) mass is 528 g/mol. The molecule has 3 heterocycles. The number of hydrogen-bond acceptors (Lipinski definition) is 7. The number of hydrogen-bond donors (Lipinski definition) is 1. The molecule has 0 bridgehead atoms. The molecule has 8 nitrogen and oxygen atoms in total. The molecule has 1 aliphatic carbocycles. The summed E-state index contributed by atoms with van der Waals surface area (Å²) in [6.45, 7) is 3.99. The van der Waals surface area contributed by atoms with Crippen LogP contribution in [0.1, 0.15) is 51.0 Å². The quantitative estimate of drug-likeness (QED) is 0.550. The fraction of sp³-hybridized carbons (Fsp3) is 0.607. The number of amides is 1. The van der Waals surface area contributed by atoms with Crippen LogP contribution >= 0.6 is 0 Å². The summed E-state index contributed by atoms with van der Waals surface area (Å²) in [5.41, 5.74) is 2.25. The summed E-state index contributed by atoms with van der Waals surface area (Å²) in [6.07, 6.45) is 8.35. The maximum Gasteiger partial charge on any atom is 0.342 e. The van der Waals surface area contributed by atoms with E-state index >= 15 is 0 Å². The first-order valence-electron chi connectivity index (χ1n) is 13.8. The highest BCUT2D eigenvalue weighted by molar-refractivity contribution is 6.02. The van der Waals surface area contributed by atoms with Crippen molar-refractivity contribution in [3.05, 3.63) is 30.0 Å². The van der Waals surface area contributed by atoms with Gasteiger partial charge < -0.3 is 24.8 Å². The molecule has 1 N–H and O–H groups in total. The summed E-state index contributed by atoms with van der Waals surface area (Å²) in [5, 5.41) is 3.30. The van der Waals surface area contributed by atoms with E-state index in [-0.39, 0.29) is 12.0 Å². The lowest BCUT2D eigenvalue weighted by Crippen LogP contribution is -2.48. The number of nitrogens with one attached hydrogen (secondary N) is 1. The summed E-state index contributed by atoms with van der Waals surface area (Å²) in [5.74, 6) is -2.77. The van der Waals surface area contributed by atoms with E-state index in [1.807, 2.05) is 13.0 Å². The van der Waals surface area contributed by atoms with Gasteiger partial charge in [0.15, 0.2) is 5.82 Å². The van der Waals surface area contributed by atoms with Crippen molar-refractivity contribution in [2.45, 2.75) is 63.8 Å². The number of ether oxygens (including phenoxy) is 1. The van der Waals surface area contributed by atoms with Gasteiger partial charge in [-0.3, -0.25) is 4.79 Å². The van der Waals surface area contributed by atoms with Gasteiger partial charge in [0.05, 0.1) is 25.0 Å². The van der Waals surface area contributed by atoms with Crippen molar-refractivity contribution < 1.29 is 18.3 Å². The first-order valence-corrected chi connectivity index (χ1v) is 13.8. The Morgan fingerprint density at radius 3 is 2.58 bits per heavy atom. The molecule has 1 saturated heterocycles. The second kappa shape index (κ2) is 11.0. The van der Waals surface area contributed by atoms with Crippen molar-refractivity contribution in [3.63, 3.8) is 0 Å². The van der Waals surface area contributed by atoms with Crippen molar-refractivity contribution in [1.82, 2.24) is 14.9 Å². The molecular formula is C28H38F2N6O2. The number of piperidine rings is 1. The van der Waals surface area contributed by atoms with Gasteiger partial charge in [0, 0.05) is 13.1 Å². The number of likely N-dealkylation sites (tertiary alicyclic amines) is 1. The molecule has 3 aliphatic rings. The van der Waals surface area contributed by atoms with Crippen LogP contribution in [0.25, 0.3) is 0 Å². The van der Waals surface area contributed by atoms with E-state index in [2.05, 4.69) is 34.4 Å². The standard InChI is InChI=1S/C28H38F2N6O2/c1-4-38-24-10-9-20(15-19-11-13-34(2)14-12-19)16-22(24)32-27-31-17-23-25(33-27)36(21-7-5-6-8-21)18-28(29,30)26(37)35(23)3/h9-10,16-17,19,21H,4-8,11-15,18H2,1-3H3,(H,31,32,33). The third-order valence-corrected chi connectivity index (χ3v) is 8.09. The number of fused-ring (bicyclic) bond motifs is 1. The van der Waals surface area contributed by atoms with Crippen LogP contribution in [0.3, 0.4) is 0 Å². The van der Waals surface area contributed by atoms with E-state index in [1.54, 1.807) is 4.90 Å². The first-order chi connectivity index (χ1) is 18.2. The molecular weight excluding hydrogens is 490 g/mol. The molecule has 1 aromatic carbocycles. The van der Waals surface area contributed by atoms with Crippen LogP contribution in [-0.4, -0.2) is 73.1 Å². The van der Waals surface area contributed by atoms with Gasteiger partial charge in [-0.15, -0.1) is 0 Å². The van der Waals surface area contributed by atoms with Gasteiger partial charge in [0.25, 0.3) is 5.91 Å². The van der Waals surface area contributed by atoms with Crippen LogP contribution in [0.5, 0.6) is 5.75 Å². The molecule has 206 valence electrons. The zero-order valence-electron chi connectivity index (χ0n) is 22.6. The van der Waals surface area contributed by atoms with Crippen LogP contribution < -0.4 is 19.9 Å². The molecule has 2 fully saturated rings. The predicted octanol–water partition coefficient (Wildman–Crippen LogP) is 4.86. The fourth-order valence-electron chi connectivity index (χ4n) is 5.91. The number of aromatic nitrogens is 2. The highest BCUT2D eigenvalue weighted by Crippen LogP contribution is 2.40. The van der Waals surface area contributed by atoms with Crippen molar-refractivity contribution >= 4 is 29.0 Å². The van der Waals surface area contributed by atoms with E-state index in [0.29, 0.717) is 29.8 Å². The Morgan fingerprint density at radius 2 is 1.87 bits per heavy atom. The normalized spacial score (nSPS) is 20.9. The summed E-state index contributed by atoms with van der Waals surface area (Å²) in [7, 11) is 3.53.